The zero-order valence-electron chi connectivity index (χ0n) is 16.3. The van der Waals surface area contributed by atoms with Crippen LogP contribution < -0.4 is 10.2 Å². The van der Waals surface area contributed by atoms with Gasteiger partial charge in [-0.2, -0.15) is 17.9 Å². The number of carbonyl (C=O) groups excluding carboxylic acids is 1. The summed E-state index contributed by atoms with van der Waals surface area (Å²) in [4.78, 5) is 12.6. The van der Waals surface area contributed by atoms with E-state index < -0.39 is 45.2 Å². The van der Waals surface area contributed by atoms with E-state index in [0.717, 1.165) is 0 Å². The maximum atomic E-state index is 13.1. The lowest BCUT2D eigenvalue weighted by Gasteiger charge is -2.17. The van der Waals surface area contributed by atoms with Crippen LogP contribution >= 0.6 is 11.3 Å². The number of benzene rings is 1. The summed E-state index contributed by atoms with van der Waals surface area (Å²) in [6, 6.07) is 11.9. The molecular formula is C19H16F3N3O5S2. The van der Waals surface area contributed by atoms with Crippen LogP contribution in [0.25, 0.3) is 10.6 Å². The van der Waals surface area contributed by atoms with Crippen molar-refractivity contribution in [3.63, 3.8) is 0 Å². The predicted molar refractivity (Wildman–Crippen MR) is 106 cm³/mol. The Bertz CT molecular complexity index is 1260. The van der Waals surface area contributed by atoms with Crippen LogP contribution in [0.5, 0.6) is 0 Å². The fraction of sp³-hybridized carbons (Fsp3) is 0.263. The van der Waals surface area contributed by atoms with Crippen molar-refractivity contribution in [3.05, 3.63) is 59.9 Å². The number of thiophene rings is 1. The van der Waals surface area contributed by atoms with Gasteiger partial charge in [0.15, 0.2) is 0 Å². The van der Waals surface area contributed by atoms with Gasteiger partial charge >= 0.3 is 6.18 Å². The third-order valence-electron chi connectivity index (χ3n) is 5.43. The molecule has 3 aromatic rings. The van der Waals surface area contributed by atoms with Crippen molar-refractivity contribution in [1.29, 1.82) is 0 Å². The highest BCUT2D eigenvalue weighted by molar-refractivity contribution is 7.91. The Morgan fingerprint density at radius 2 is 1.91 bits per heavy atom. The monoisotopic (exact) mass is 487 g/mol. The van der Waals surface area contributed by atoms with Crippen LogP contribution in [0, 0.1) is 5.92 Å². The summed E-state index contributed by atoms with van der Waals surface area (Å²) in [6.45, 7) is 1.67. The first kappa shape index (κ1) is 22.5. The molecule has 1 fully saturated rings. The van der Waals surface area contributed by atoms with E-state index in [1.807, 2.05) is 0 Å². The van der Waals surface area contributed by atoms with E-state index >= 15 is 0 Å². The van der Waals surface area contributed by atoms with E-state index in [4.69, 9.17) is 0 Å². The summed E-state index contributed by atoms with van der Waals surface area (Å²) in [6.07, 6.45) is -4.72. The van der Waals surface area contributed by atoms with Crippen molar-refractivity contribution < 1.29 is 36.1 Å². The molecule has 170 valence electrons. The Kier molecular flexibility index (Phi) is 5.40. The molecule has 0 aliphatic heterocycles. The molecular weight excluding hydrogens is 471 g/mol. The molecule has 1 aliphatic carbocycles. The van der Waals surface area contributed by atoms with E-state index in [-0.39, 0.29) is 14.8 Å². The molecule has 0 unspecified atom stereocenters. The van der Waals surface area contributed by atoms with Gasteiger partial charge in [0.1, 0.15) is 15.4 Å². The minimum Gasteiger partial charge on any atom is -0.351 e. The zero-order chi connectivity index (χ0) is 23.3. The third-order valence-corrected chi connectivity index (χ3v) is 8.51. The first-order valence-corrected chi connectivity index (χ1v) is 11.5. The van der Waals surface area contributed by atoms with Crippen LogP contribution in [0.3, 0.4) is 0 Å². The normalized spacial score (nSPS) is 23.2. The second kappa shape index (κ2) is 7.69. The van der Waals surface area contributed by atoms with E-state index in [1.54, 1.807) is 37.3 Å². The average molecular weight is 487 g/mol. The van der Waals surface area contributed by atoms with E-state index in [9.17, 15) is 31.6 Å². The van der Waals surface area contributed by atoms with Gasteiger partial charge in [-0.3, -0.25) is 10.0 Å². The maximum Gasteiger partial charge on any atom is 0.452 e. The van der Waals surface area contributed by atoms with Gasteiger partial charge in [-0.15, -0.1) is 11.3 Å². The highest BCUT2D eigenvalue weighted by Gasteiger charge is 2.69. The number of alkyl halides is 3. The summed E-state index contributed by atoms with van der Waals surface area (Å²) in [5, 5.41) is 12.6. The number of hydroxylamine groups is 1. The maximum absolute atomic E-state index is 13.1. The Labute approximate surface area is 184 Å². The first-order valence-electron chi connectivity index (χ1n) is 9.18. The van der Waals surface area contributed by atoms with Crippen molar-refractivity contribution in [2.75, 3.05) is 0 Å². The molecule has 1 aliphatic rings. The number of nitrogens with one attached hydrogen (secondary N) is 2. The molecule has 32 heavy (non-hydrogen) atoms. The highest BCUT2D eigenvalue weighted by atomic mass is 32.2. The van der Waals surface area contributed by atoms with E-state index in [1.165, 1.54) is 17.6 Å². The first-order chi connectivity index (χ1) is 15.0. The molecule has 13 heteroatoms. The topological polar surface area (TPSA) is 122 Å². The van der Waals surface area contributed by atoms with Gasteiger partial charge < -0.3 is 4.52 Å². The minimum absolute atomic E-state index is 0.133. The number of hydrogen-bond acceptors (Lipinski definition) is 7. The van der Waals surface area contributed by atoms with E-state index in [0.29, 0.717) is 23.0 Å². The summed E-state index contributed by atoms with van der Waals surface area (Å²) in [5.41, 5.74) is 0.436. The highest BCUT2D eigenvalue weighted by Crippen LogP contribution is 2.58. The van der Waals surface area contributed by atoms with E-state index in [2.05, 4.69) is 14.4 Å². The lowest BCUT2D eigenvalue weighted by atomic mass is 10.1. The van der Waals surface area contributed by atoms with Crippen LogP contribution in [0.2, 0.25) is 0 Å². The van der Waals surface area contributed by atoms with Gasteiger partial charge in [0.2, 0.25) is 5.76 Å². The molecule has 0 saturated heterocycles. The molecule has 0 bridgehead atoms. The standard InChI is InChI=1S/C19H16F3N3O5S2/c1-10-16(11-5-3-2-4-6-11)18(10,17(26)23-27)25-32(28,29)15-8-7-13(31-15)12-9-14(30-24-12)19(20,21)22/h2-10,16,25,27H,1H3,(H,23,26)/t10-,16-,18+/m1/s1. The van der Waals surface area contributed by atoms with Crippen LogP contribution in [-0.4, -0.2) is 30.2 Å². The van der Waals surface area contributed by atoms with Crippen LogP contribution in [0.4, 0.5) is 13.2 Å². The number of sulfonamides is 1. The van der Waals surface area contributed by atoms with Crippen LogP contribution in [-0.2, 0) is 21.0 Å². The van der Waals surface area contributed by atoms with Gasteiger partial charge in [0.05, 0.1) is 4.88 Å². The second-order valence-corrected chi connectivity index (χ2v) is 10.3. The van der Waals surface area contributed by atoms with Gasteiger partial charge in [-0.05, 0) is 23.6 Å². The van der Waals surface area contributed by atoms with Crippen LogP contribution in [0.15, 0.2) is 57.3 Å². The summed E-state index contributed by atoms with van der Waals surface area (Å²) >= 11 is 0.668. The zero-order valence-corrected chi connectivity index (χ0v) is 17.9. The fourth-order valence-electron chi connectivity index (χ4n) is 3.82. The number of halogens is 3. The molecule has 2 aromatic heterocycles. The Morgan fingerprint density at radius 1 is 1.22 bits per heavy atom. The fourth-order valence-corrected chi connectivity index (χ4v) is 6.54. The molecule has 1 amide bonds. The van der Waals surface area contributed by atoms with Crippen molar-refractivity contribution in [2.24, 2.45) is 5.92 Å². The van der Waals surface area contributed by atoms with Gasteiger partial charge in [0.25, 0.3) is 15.9 Å². The molecule has 0 spiro atoms. The summed E-state index contributed by atoms with van der Waals surface area (Å²) in [5.74, 6) is -3.23. The minimum atomic E-state index is -4.72. The predicted octanol–water partition coefficient (Wildman–Crippen LogP) is 3.38. The smallest absolute Gasteiger partial charge is 0.351 e. The molecule has 4 rings (SSSR count). The SMILES string of the molecule is C[C@@H]1[C@H](c2ccccc2)[C@]1(NS(=O)(=O)c1ccc(-c2cc(C(F)(F)F)on2)s1)C(=O)NO. The Hall–Kier alpha value is -2.74. The summed E-state index contributed by atoms with van der Waals surface area (Å²) in [7, 11) is -4.28. The third kappa shape index (κ3) is 3.70. The molecule has 1 saturated carbocycles. The average Bonchev–Trinajstić information content (AvgIpc) is 3.20. The van der Waals surface area contributed by atoms with Crippen molar-refractivity contribution in [1.82, 2.24) is 15.4 Å². The Morgan fingerprint density at radius 3 is 2.50 bits per heavy atom. The van der Waals surface area contributed by atoms with Crippen LogP contribution in [0.1, 0.15) is 24.2 Å². The number of carbonyl (C=O) groups is 1. The molecule has 1 aromatic carbocycles. The molecule has 0 radical (unpaired) electrons. The quantitative estimate of drug-likeness (QED) is 0.362. The summed E-state index contributed by atoms with van der Waals surface area (Å²) < 4.78 is 70.7. The number of amides is 1. The van der Waals surface area contributed by atoms with Crippen molar-refractivity contribution in [3.8, 4) is 10.6 Å². The van der Waals surface area contributed by atoms with Gasteiger partial charge in [-0.25, -0.2) is 13.9 Å². The number of aromatic nitrogens is 1. The molecule has 8 nitrogen and oxygen atoms in total. The lowest BCUT2D eigenvalue weighted by molar-refractivity contribution is -0.155. The molecule has 3 N–H and O–H groups in total. The number of hydrogen-bond donors (Lipinski definition) is 3. The van der Waals surface area contributed by atoms with Gasteiger partial charge in [-0.1, -0.05) is 42.4 Å². The Balaban J connectivity index is 1.64. The largest absolute Gasteiger partial charge is 0.452 e. The number of rotatable bonds is 6. The van der Waals surface area contributed by atoms with Gasteiger partial charge in [0, 0.05) is 12.0 Å². The molecule has 3 atom stereocenters. The lowest BCUT2D eigenvalue weighted by Crippen LogP contribution is -2.50. The second-order valence-electron chi connectivity index (χ2n) is 7.29. The van der Waals surface area contributed by atoms with Crippen molar-refractivity contribution >= 4 is 27.3 Å². The number of nitrogens with zero attached hydrogens (tertiary/aromatic N) is 1. The van der Waals surface area contributed by atoms with Crippen molar-refractivity contribution in [2.45, 2.75) is 28.8 Å². The molecule has 2 heterocycles.